The van der Waals surface area contributed by atoms with Crippen LogP contribution in [0.3, 0.4) is 0 Å². The Morgan fingerprint density at radius 1 is 1.19 bits per heavy atom. The Morgan fingerprint density at radius 2 is 1.96 bits per heavy atom. The van der Waals surface area contributed by atoms with Crippen LogP contribution in [-0.2, 0) is 15.2 Å². The van der Waals surface area contributed by atoms with Gasteiger partial charge in [0.05, 0.1) is 12.3 Å². The molecule has 0 aliphatic carbocycles. The van der Waals surface area contributed by atoms with Gasteiger partial charge in [0, 0.05) is 18.5 Å². The summed E-state index contributed by atoms with van der Waals surface area (Å²) in [7, 11) is 0. The van der Waals surface area contributed by atoms with Gasteiger partial charge in [-0.15, -0.1) is 0 Å². The molecule has 2 aromatic carbocycles. The SMILES string of the molecule is CC(=O)CC1(O)C(=O)N(CCCOc2cccc(C)c2)c2ccccc21. The average Bonchev–Trinajstić information content (AvgIpc) is 2.80. The number of aliphatic hydroxyl groups is 1. The number of fused-ring (bicyclic) bond motifs is 1. The monoisotopic (exact) mass is 353 g/mol. The first-order valence-electron chi connectivity index (χ1n) is 8.74. The summed E-state index contributed by atoms with van der Waals surface area (Å²) in [5.74, 6) is 0.135. The first-order chi connectivity index (χ1) is 12.4. The number of hydrogen-bond donors (Lipinski definition) is 1. The van der Waals surface area contributed by atoms with E-state index in [1.54, 1.807) is 23.1 Å². The fourth-order valence-electron chi connectivity index (χ4n) is 3.38. The molecule has 2 aromatic rings. The van der Waals surface area contributed by atoms with Gasteiger partial charge in [-0.2, -0.15) is 0 Å². The second-order valence-corrected chi connectivity index (χ2v) is 6.73. The van der Waals surface area contributed by atoms with E-state index in [2.05, 4.69) is 0 Å². The number of para-hydroxylation sites is 1. The molecule has 1 amide bonds. The molecule has 1 aliphatic rings. The first-order valence-corrected chi connectivity index (χ1v) is 8.74. The van der Waals surface area contributed by atoms with Crippen molar-refractivity contribution < 1.29 is 19.4 Å². The molecule has 26 heavy (non-hydrogen) atoms. The highest BCUT2D eigenvalue weighted by atomic mass is 16.5. The molecule has 3 rings (SSSR count). The number of ether oxygens (including phenoxy) is 1. The van der Waals surface area contributed by atoms with Crippen molar-refractivity contribution in [3.63, 3.8) is 0 Å². The van der Waals surface area contributed by atoms with E-state index in [1.807, 2.05) is 37.3 Å². The molecule has 5 nitrogen and oxygen atoms in total. The highest BCUT2D eigenvalue weighted by molar-refractivity contribution is 6.08. The number of anilines is 1. The van der Waals surface area contributed by atoms with Crippen molar-refractivity contribution in [2.45, 2.75) is 32.3 Å². The number of carbonyl (C=O) groups is 2. The average molecular weight is 353 g/mol. The highest BCUT2D eigenvalue weighted by Crippen LogP contribution is 2.42. The van der Waals surface area contributed by atoms with Crippen LogP contribution in [0.5, 0.6) is 5.75 Å². The molecule has 1 N–H and O–H groups in total. The van der Waals surface area contributed by atoms with E-state index >= 15 is 0 Å². The molecule has 1 aliphatic heterocycles. The molecule has 1 atom stereocenters. The van der Waals surface area contributed by atoms with Crippen LogP contribution in [0.15, 0.2) is 48.5 Å². The number of rotatable bonds is 7. The Kier molecular flexibility index (Phi) is 5.09. The van der Waals surface area contributed by atoms with Crippen LogP contribution in [-0.4, -0.2) is 29.9 Å². The first kappa shape index (κ1) is 18.1. The molecule has 0 bridgehead atoms. The zero-order valence-electron chi connectivity index (χ0n) is 15.1. The molecule has 0 fully saturated rings. The van der Waals surface area contributed by atoms with Crippen molar-refractivity contribution in [2.75, 3.05) is 18.1 Å². The van der Waals surface area contributed by atoms with Crippen molar-refractivity contribution in [1.29, 1.82) is 0 Å². The Balaban J connectivity index is 1.68. The fraction of sp³-hybridized carbons (Fsp3) is 0.333. The van der Waals surface area contributed by atoms with Crippen LogP contribution >= 0.6 is 0 Å². The van der Waals surface area contributed by atoms with E-state index < -0.39 is 11.5 Å². The molecule has 0 aromatic heterocycles. The van der Waals surface area contributed by atoms with Crippen molar-refractivity contribution in [3.8, 4) is 5.75 Å². The van der Waals surface area contributed by atoms with Crippen LogP contribution in [0, 0.1) is 6.92 Å². The summed E-state index contributed by atoms with van der Waals surface area (Å²) < 4.78 is 5.73. The number of nitrogens with zero attached hydrogens (tertiary/aromatic N) is 1. The summed E-state index contributed by atoms with van der Waals surface area (Å²) in [6.07, 6.45) is 0.406. The molecule has 0 saturated carbocycles. The van der Waals surface area contributed by atoms with Gasteiger partial charge in [0.2, 0.25) is 0 Å². The summed E-state index contributed by atoms with van der Waals surface area (Å²) in [4.78, 5) is 25.9. The minimum atomic E-state index is -1.76. The van der Waals surface area contributed by atoms with Crippen LogP contribution in [0.25, 0.3) is 0 Å². The van der Waals surface area contributed by atoms with Gasteiger partial charge < -0.3 is 14.7 Å². The largest absolute Gasteiger partial charge is 0.494 e. The van der Waals surface area contributed by atoms with E-state index in [1.165, 1.54) is 6.92 Å². The van der Waals surface area contributed by atoms with Gasteiger partial charge >= 0.3 is 0 Å². The molecule has 0 saturated heterocycles. The molecular formula is C21H23NO4. The third kappa shape index (κ3) is 3.48. The molecule has 5 heteroatoms. The third-order valence-electron chi connectivity index (χ3n) is 4.53. The second-order valence-electron chi connectivity index (χ2n) is 6.73. The smallest absolute Gasteiger partial charge is 0.264 e. The maximum absolute atomic E-state index is 12.8. The summed E-state index contributed by atoms with van der Waals surface area (Å²) in [6.45, 7) is 4.26. The number of amides is 1. The topological polar surface area (TPSA) is 66.8 Å². The molecule has 0 spiro atoms. The molecule has 1 heterocycles. The van der Waals surface area contributed by atoms with Gasteiger partial charge in [-0.3, -0.25) is 9.59 Å². The lowest BCUT2D eigenvalue weighted by Gasteiger charge is -2.22. The van der Waals surface area contributed by atoms with Gasteiger partial charge in [0.15, 0.2) is 5.60 Å². The van der Waals surface area contributed by atoms with Crippen molar-refractivity contribution >= 4 is 17.4 Å². The quantitative estimate of drug-likeness (QED) is 0.777. The van der Waals surface area contributed by atoms with E-state index in [0.29, 0.717) is 30.8 Å². The Bertz CT molecular complexity index is 832. The Labute approximate surface area is 153 Å². The van der Waals surface area contributed by atoms with Gasteiger partial charge in [-0.05, 0) is 44.0 Å². The van der Waals surface area contributed by atoms with Gasteiger partial charge in [-0.25, -0.2) is 0 Å². The summed E-state index contributed by atoms with van der Waals surface area (Å²) >= 11 is 0. The predicted octanol–water partition coefficient (Wildman–Crippen LogP) is 2.98. The lowest BCUT2D eigenvalue weighted by Crippen LogP contribution is -2.42. The van der Waals surface area contributed by atoms with Gasteiger partial charge in [0.25, 0.3) is 5.91 Å². The van der Waals surface area contributed by atoms with Gasteiger partial charge in [-0.1, -0.05) is 30.3 Å². The zero-order chi connectivity index (χ0) is 18.7. The number of Topliss-reactive ketones (excluding diaryl/α,β-unsaturated/α-hetero) is 1. The van der Waals surface area contributed by atoms with E-state index in [9.17, 15) is 14.7 Å². The van der Waals surface area contributed by atoms with Crippen LogP contribution in [0.1, 0.15) is 30.9 Å². The zero-order valence-corrected chi connectivity index (χ0v) is 15.1. The minimum absolute atomic E-state index is 0.209. The fourth-order valence-corrected chi connectivity index (χ4v) is 3.38. The highest BCUT2D eigenvalue weighted by Gasteiger charge is 2.49. The lowest BCUT2D eigenvalue weighted by molar-refractivity contribution is -0.141. The van der Waals surface area contributed by atoms with Crippen molar-refractivity contribution in [3.05, 3.63) is 59.7 Å². The number of hydrogen-bond acceptors (Lipinski definition) is 4. The maximum Gasteiger partial charge on any atom is 0.264 e. The maximum atomic E-state index is 12.8. The number of ketones is 1. The minimum Gasteiger partial charge on any atom is -0.494 e. The predicted molar refractivity (Wildman–Crippen MR) is 99.3 cm³/mol. The third-order valence-corrected chi connectivity index (χ3v) is 4.53. The Hall–Kier alpha value is -2.66. The lowest BCUT2D eigenvalue weighted by atomic mass is 9.90. The van der Waals surface area contributed by atoms with E-state index in [0.717, 1.165) is 11.3 Å². The van der Waals surface area contributed by atoms with Crippen LogP contribution in [0.4, 0.5) is 5.69 Å². The van der Waals surface area contributed by atoms with Crippen LogP contribution in [0.2, 0.25) is 0 Å². The summed E-state index contributed by atoms with van der Waals surface area (Å²) in [5, 5.41) is 10.9. The number of aryl methyl sites for hydroxylation is 1. The Morgan fingerprint density at radius 3 is 2.69 bits per heavy atom. The van der Waals surface area contributed by atoms with E-state index in [4.69, 9.17) is 4.74 Å². The van der Waals surface area contributed by atoms with Crippen molar-refractivity contribution in [1.82, 2.24) is 0 Å². The van der Waals surface area contributed by atoms with Crippen LogP contribution < -0.4 is 9.64 Å². The molecule has 1 unspecified atom stereocenters. The number of carbonyl (C=O) groups excluding carboxylic acids is 2. The standard InChI is InChI=1S/C21H23NO4/c1-15-7-5-8-17(13-15)26-12-6-11-22-19-10-4-3-9-18(19)21(25,20(22)24)14-16(2)23/h3-5,7-10,13,25H,6,11-12,14H2,1-2H3. The van der Waals surface area contributed by atoms with Gasteiger partial charge in [0.1, 0.15) is 11.5 Å². The number of benzene rings is 2. The molecular weight excluding hydrogens is 330 g/mol. The molecule has 0 radical (unpaired) electrons. The van der Waals surface area contributed by atoms with E-state index in [-0.39, 0.29) is 12.2 Å². The van der Waals surface area contributed by atoms with Crippen molar-refractivity contribution in [2.24, 2.45) is 0 Å². The molecule has 136 valence electrons. The normalized spacial score (nSPS) is 18.7. The summed E-state index contributed by atoms with van der Waals surface area (Å²) in [5.41, 5.74) is 0.525. The summed E-state index contributed by atoms with van der Waals surface area (Å²) in [6, 6.07) is 14.9. The second kappa shape index (κ2) is 7.30.